The van der Waals surface area contributed by atoms with E-state index < -0.39 is 23.2 Å². The van der Waals surface area contributed by atoms with Crippen molar-refractivity contribution in [1.82, 2.24) is 0 Å². The topological polar surface area (TPSA) is 52.6 Å². The Bertz CT molecular complexity index is 145. The van der Waals surface area contributed by atoms with Gasteiger partial charge in [0.15, 0.2) is 17.2 Å². The van der Waals surface area contributed by atoms with Crippen LogP contribution >= 0.6 is 0 Å². The lowest BCUT2D eigenvalue weighted by Gasteiger charge is -2.05. The van der Waals surface area contributed by atoms with Gasteiger partial charge in [-0.1, -0.05) is 0 Å². The first-order valence-corrected chi connectivity index (χ1v) is 4.14. The average Bonchev–Trinajstić information content (AvgIpc) is 1.85. The second-order valence-corrected chi connectivity index (χ2v) is 2.66. The minimum atomic E-state index is -1.42. The second kappa shape index (κ2) is 4.40. The Hall–Kier alpha value is -0.420. The van der Waals surface area contributed by atoms with Crippen molar-refractivity contribution in [2.75, 3.05) is 13.4 Å². The van der Waals surface area contributed by atoms with E-state index in [-0.39, 0.29) is 0 Å². The highest BCUT2D eigenvalue weighted by atomic mass is 32.2. The molecule has 0 heterocycles. The van der Waals surface area contributed by atoms with Gasteiger partial charge in [0.05, 0.1) is 7.11 Å². The van der Waals surface area contributed by atoms with Gasteiger partial charge in [-0.2, -0.15) is 0 Å². The van der Waals surface area contributed by atoms with Crippen LogP contribution in [0.2, 0.25) is 0 Å². The highest BCUT2D eigenvalue weighted by molar-refractivity contribution is 7.79. The van der Waals surface area contributed by atoms with Gasteiger partial charge in [0.25, 0.3) is 0 Å². The second-order valence-electron chi connectivity index (χ2n) is 1.66. The van der Waals surface area contributed by atoms with E-state index in [2.05, 4.69) is 8.92 Å². The van der Waals surface area contributed by atoms with E-state index in [1.807, 2.05) is 0 Å². The van der Waals surface area contributed by atoms with Crippen molar-refractivity contribution in [3.05, 3.63) is 0 Å². The maximum Gasteiger partial charge on any atom is 0.336 e. The van der Waals surface area contributed by atoms with Crippen LogP contribution in [0.4, 0.5) is 0 Å². The lowest BCUT2D eigenvalue weighted by molar-refractivity contribution is -0.147. The van der Waals surface area contributed by atoms with Crippen LogP contribution in [0.1, 0.15) is 6.92 Å². The highest BCUT2D eigenvalue weighted by Crippen LogP contribution is 1.94. The first-order chi connectivity index (χ1) is 4.57. The van der Waals surface area contributed by atoms with E-state index in [1.54, 1.807) is 0 Å². The van der Waals surface area contributed by atoms with E-state index >= 15 is 0 Å². The molecule has 0 aliphatic rings. The van der Waals surface area contributed by atoms with Gasteiger partial charge in [-0.25, -0.2) is 9.00 Å². The molecule has 0 rings (SSSR count). The smallest absolute Gasteiger partial charge is 0.336 e. The summed E-state index contributed by atoms with van der Waals surface area (Å²) >= 11 is -1.42. The van der Waals surface area contributed by atoms with Crippen LogP contribution in [0.25, 0.3) is 0 Å². The molecule has 0 aromatic rings. The van der Waals surface area contributed by atoms with Gasteiger partial charge in [0, 0.05) is 6.26 Å². The van der Waals surface area contributed by atoms with Gasteiger partial charge in [0.2, 0.25) is 0 Å². The first kappa shape index (κ1) is 9.58. The molecule has 0 amide bonds. The molecule has 0 saturated carbocycles. The number of hydrogen-bond acceptors (Lipinski definition) is 4. The minimum Gasteiger partial charge on any atom is -0.467 e. The third kappa shape index (κ3) is 3.58. The van der Waals surface area contributed by atoms with Crippen LogP contribution in [0.5, 0.6) is 0 Å². The molecule has 2 atom stereocenters. The monoisotopic (exact) mass is 166 g/mol. The van der Waals surface area contributed by atoms with Crippen molar-refractivity contribution < 1.29 is 17.9 Å². The molecule has 1 unspecified atom stereocenters. The number of carbonyl (C=O) groups excluding carboxylic acids is 1. The predicted octanol–water partition coefficient (Wildman–Crippen LogP) is -0.142. The Morgan fingerprint density at radius 3 is 2.40 bits per heavy atom. The summed E-state index contributed by atoms with van der Waals surface area (Å²) in [6, 6.07) is 0. The Morgan fingerprint density at radius 2 is 2.10 bits per heavy atom. The summed E-state index contributed by atoms with van der Waals surface area (Å²) in [4.78, 5) is 10.6. The van der Waals surface area contributed by atoms with Gasteiger partial charge in [-0.15, -0.1) is 0 Å². The summed E-state index contributed by atoms with van der Waals surface area (Å²) < 4.78 is 19.3. The van der Waals surface area contributed by atoms with Crippen LogP contribution in [-0.2, 0) is 24.8 Å². The van der Waals surface area contributed by atoms with Crippen LogP contribution in [0.3, 0.4) is 0 Å². The molecule has 0 fully saturated rings. The normalized spacial score (nSPS) is 15.9. The zero-order valence-corrected chi connectivity index (χ0v) is 6.94. The van der Waals surface area contributed by atoms with Crippen molar-refractivity contribution in [3.8, 4) is 0 Å². The summed E-state index contributed by atoms with van der Waals surface area (Å²) in [5, 5.41) is 0. The number of carbonyl (C=O) groups is 1. The van der Waals surface area contributed by atoms with Crippen LogP contribution in [0.15, 0.2) is 0 Å². The van der Waals surface area contributed by atoms with E-state index in [0.717, 1.165) is 0 Å². The number of methoxy groups -OCH3 is 1. The third-order valence-electron chi connectivity index (χ3n) is 0.813. The lowest BCUT2D eigenvalue weighted by Crippen LogP contribution is -2.22. The zero-order valence-electron chi connectivity index (χ0n) is 6.12. The Balaban J connectivity index is 3.72. The largest absolute Gasteiger partial charge is 0.467 e. The molecule has 0 aromatic carbocycles. The lowest BCUT2D eigenvalue weighted by atomic mass is 10.4. The third-order valence-corrected chi connectivity index (χ3v) is 1.37. The summed E-state index contributed by atoms with van der Waals surface area (Å²) in [6.45, 7) is 1.48. The molecule has 0 aliphatic carbocycles. The molecule has 0 radical (unpaired) electrons. The maximum absolute atomic E-state index is 10.6. The molecule has 5 heteroatoms. The van der Waals surface area contributed by atoms with Gasteiger partial charge < -0.3 is 4.74 Å². The Morgan fingerprint density at radius 1 is 1.60 bits per heavy atom. The van der Waals surface area contributed by atoms with Crippen LogP contribution < -0.4 is 0 Å². The molecule has 0 bridgehead atoms. The zero-order chi connectivity index (χ0) is 8.15. The number of hydrogen-bond donors (Lipinski definition) is 0. The molecule has 0 N–H and O–H groups in total. The van der Waals surface area contributed by atoms with Gasteiger partial charge >= 0.3 is 5.97 Å². The molecule has 10 heavy (non-hydrogen) atoms. The standard InChI is InChI=1S/C5H10O4S/c1-4(5(6)8-2)9-10(3)7/h4H,1-3H3/t4-,10?/m0/s1. The first-order valence-electron chi connectivity index (χ1n) is 2.66. The fraction of sp³-hybridized carbons (Fsp3) is 0.800. The minimum absolute atomic E-state index is 0.518. The van der Waals surface area contributed by atoms with Crippen LogP contribution in [-0.4, -0.2) is 29.6 Å². The molecular weight excluding hydrogens is 156 g/mol. The summed E-state index contributed by atoms with van der Waals surface area (Å²) in [5.41, 5.74) is 0. The number of ether oxygens (including phenoxy) is 1. The van der Waals surface area contributed by atoms with E-state index in [9.17, 15) is 9.00 Å². The number of rotatable bonds is 3. The van der Waals surface area contributed by atoms with Crippen molar-refractivity contribution in [1.29, 1.82) is 0 Å². The summed E-state index contributed by atoms with van der Waals surface area (Å²) in [6.07, 6.45) is 0.593. The Kier molecular flexibility index (Phi) is 4.22. The quantitative estimate of drug-likeness (QED) is 0.547. The molecule has 0 saturated heterocycles. The fourth-order valence-corrected chi connectivity index (χ4v) is 0.894. The SMILES string of the molecule is COC(=O)[C@H](C)OS(C)=O. The van der Waals surface area contributed by atoms with Crippen molar-refractivity contribution in [3.63, 3.8) is 0 Å². The maximum atomic E-state index is 10.6. The average molecular weight is 166 g/mol. The Labute approximate surface area is 62.2 Å². The molecule has 4 nitrogen and oxygen atoms in total. The highest BCUT2D eigenvalue weighted by Gasteiger charge is 2.14. The van der Waals surface area contributed by atoms with Crippen molar-refractivity contribution in [2.45, 2.75) is 13.0 Å². The molecule has 60 valence electrons. The molecule has 0 aliphatic heterocycles. The molecule has 0 spiro atoms. The van der Waals surface area contributed by atoms with Crippen molar-refractivity contribution in [2.24, 2.45) is 0 Å². The summed E-state index contributed by atoms with van der Waals surface area (Å²) in [5.74, 6) is -0.518. The van der Waals surface area contributed by atoms with Gasteiger partial charge in [-0.3, -0.25) is 4.18 Å². The van der Waals surface area contributed by atoms with E-state index in [1.165, 1.54) is 20.3 Å². The van der Waals surface area contributed by atoms with E-state index in [4.69, 9.17) is 0 Å². The van der Waals surface area contributed by atoms with Crippen LogP contribution in [0, 0.1) is 0 Å². The molecular formula is C5H10O4S. The molecule has 0 aromatic heterocycles. The number of esters is 1. The van der Waals surface area contributed by atoms with Gasteiger partial charge in [-0.05, 0) is 6.92 Å². The predicted molar refractivity (Wildman–Crippen MR) is 36.6 cm³/mol. The van der Waals surface area contributed by atoms with Crippen molar-refractivity contribution >= 4 is 17.0 Å². The fourth-order valence-electron chi connectivity index (χ4n) is 0.409. The van der Waals surface area contributed by atoms with Gasteiger partial charge in [0.1, 0.15) is 0 Å². The summed E-state index contributed by atoms with van der Waals surface area (Å²) in [7, 11) is 1.25. The van der Waals surface area contributed by atoms with E-state index in [0.29, 0.717) is 0 Å².